The van der Waals surface area contributed by atoms with Crippen LogP contribution < -0.4 is 16.4 Å². The highest BCUT2D eigenvalue weighted by Gasteiger charge is 2.20. The van der Waals surface area contributed by atoms with Crippen molar-refractivity contribution in [3.05, 3.63) is 29.6 Å². The Hall–Kier alpha value is -2.15. The molecule has 0 saturated carbocycles. The Morgan fingerprint density at radius 2 is 1.84 bits per heavy atom. The van der Waals surface area contributed by atoms with Gasteiger partial charge in [0.2, 0.25) is 11.8 Å². The molecule has 7 heteroatoms. The van der Waals surface area contributed by atoms with Gasteiger partial charge in [-0.25, -0.2) is 4.39 Å². The fraction of sp³-hybridized carbons (Fsp3) is 0.333. The van der Waals surface area contributed by atoms with Crippen molar-refractivity contribution in [1.29, 1.82) is 0 Å². The molecule has 2 amide bonds. The van der Waals surface area contributed by atoms with Crippen LogP contribution in [0.15, 0.2) is 18.2 Å². The molecule has 0 aliphatic carbocycles. The van der Waals surface area contributed by atoms with Crippen LogP contribution in [0.4, 0.5) is 10.1 Å². The maximum absolute atomic E-state index is 13.7. The highest BCUT2D eigenvalue weighted by molar-refractivity contribution is 5.85. The molecule has 1 rings (SSSR count). The van der Waals surface area contributed by atoms with E-state index >= 15 is 0 Å². The molecule has 0 aliphatic heterocycles. The van der Waals surface area contributed by atoms with Crippen molar-refractivity contribution in [2.45, 2.75) is 13.0 Å². The summed E-state index contributed by atoms with van der Waals surface area (Å²) in [6, 6.07) is 4.07. The van der Waals surface area contributed by atoms with E-state index in [0.717, 1.165) is 0 Å². The number of benzene rings is 1. The summed E-state index contributed by atoms with van der Waals surface area (Å²) < 4.78 is 13.7. The number of hydrogen-bond acceptors (Lipinski definition) is 4. The topological polar surface area (TPSA) is 110 Å². The second-order valence-electron chi connectivity index (χ2n) is 4.14. The van der Waals surface area contributed by atoms with Gasteiger partial charge in [-0.3, -0.25) is 9.59 Å². The van der Waals surface area contributed by atoms with Crippen LogP contribution in [0.25, 0.3) is 0 Å². The number of anilines is 1. The zero-order chi connectivity index (χ0) is 14.6. The molecule has 0 heterocycles. The molecule has 1 atom stereocenters. The molecule has 0 spiro atoms. The number of amides is 2. The number of primary amides is 2. The van der Waals surface area contributed by atoms with Crippen molar-refractivity contribution in [3.8, 4) is 0 Å². The van der Waals surface area contributed by atoms with Gasteiger partial charge in [0, 0.05) is 11.3 Å². The molecule has 1 aromatic carbocycles. The zero-order valence-corrected chi connectivity index (χ0v) is 10.5. The number of carbonyl (C=O) groups excluding carboxylic acids is 2. The van der Waals surface area contributed by atoms with E-state index in [4.69, 9.17) is 11.5 Å². The zero-order valence-electron chi connectivity index (χ0n) is 10.5. The smallest absolute Gasteiger partial charge is 0.236 e. The summed E-state index contributed by atoms with van der Waals surface area (Å²) in [7, 11) is 0. The van der Waals surface area contributed by atoms with Crippen LogP contribution in [-0.4, -0.2) is 30.0 Å². The third-order valence-corrected chi connectivity index (χ3v) is 2.48. The lowest BCUT2D eigenvalue weighted by Crippen LogP contribution is -2.40. The summed E-state index contributed by atoms with van der Waals surface area (Å²) in [6.45, 7) is 0.785. The Morgan fingerprint density at radius 1 is 1.32 bits per heavy atom. The molecule has 0 aromatic heterocycles. The Balaban J connectivity index is 3.24. The van der Waals surface area contributed by atoms with E-state index in [1.54, 1.807) is 0 Å². The van der Waals surface area contributed by atoms with Crippen molar-refractivity contribution in [3.63, 3.8) is 0 Å². The normalized spacial score (nSPS) is 11.9. The standard InChI is InChI=1S/C12H16FN3O3/c1-7(17)12-8(13)3-2-4-9(12)16(5-10(14)18)6-11(15)19/h2-4,7,17H,5-6H2,1H3,(H2,14,18)(H2,15,19)/t7-/m1/s1. The largest absolute Gasteiger partial charge is 0.389 e. The molecule has 0 unspecified atom stereocenters. The van der Waals surface area contributed by atoms with Crippen LogP contribution in [0, 0.1) is 5.82 Å². The SMILES string of the molecule is C[C@@H](O)c1c(F)cccc1N(CC(N)=O)CC(N)=O. The predicted molar refractivity (Wildman–Crippen MR) is 67.6 cm³/mol. The summed E-state index contributed by atoms with van der Waals surface area (Å²) >= 11 is 0. The second kappa shape index (κ2) is 6.14. The summed E-state index contributed by atoms with van der Waals surface area (Å²) in [5.74, 6) is -2.02. The lowest BCUT2D eigenvalue weighted by Gasteiger charge is -2.25. The number of nitrogens with two attached hydrogens (primary N) is 2. The molecule has 0 saturated heterocycles. The highest BCUT2D eigenvalue weighted by Crippen LogP contribution is 2.28. The Bertz CT molecular complexity index is 475. The quantitative estimate of drug-likeness (QED) is 0.656. The third kappa shape index (κ3) is 3.92. The van der Waals surface area contributed by atoms with Crippen molar-refractivity contribution in [2.75, 3.05) is 18.0 Å². The molecule has 6 nitrogen and oxygen atoms in total. The molecular weight excluding hydrogens is 253 g/mol. The molecule has 19 heavy (non-hydrogen) atoms. The fourth-order valence-electron chi connectivity index (χ4n) is 1.82. The highest BCUT2D eigenvalue weighted by atomic mass is 19.1. The van der Waals surface area contributed by atoms with E-state index in [9.17, 15) is 19.1 Å². The number of aliphatic hydroxyl groups excluding tert-OH is 1. The van der Waals surface area contributed by atoms with Gasteiger partial charge in [0.25, 0.3) is 0 Å². The first-order valence-corrected chi connectivity index (χ1v) is 5.61. The van der Waals surface area contributed by atoms with E-state index in [-0.39, 0.29) is 24.3 Å². The number of nitrogens with zero attached hydrogens (tertiary/aromatic N) is 1. The van der Waals surface area contributed by atoms with Gasteiger partial charge in [0.1, 0.15) is 5.82 Å². The molecule has 5 N–H and O–H groups in total. The monoisotopic (exact) mass is 269 g/mol. The summed E-state index contributed by atoms with van der Waals surface area (Å²) in [5, 5.41) is 9.60. The molecule has 0 radical (unpaired) electrons. The van der Waals surface area contributed by atoms with E-state index in [1.807, 2.05) is 0 Å². The van der Waals surface area contributed by atoms with E-state index < -0.39 is 23.7 Å². The van der Waals surface area contributed by atoms with Gasteiger partial charge in [-0.1, -0.05) is 6.07 Å². The molecule has 0 fully saturated rings. The number of aliphatic hydroxyl groups is 1. The summed E-state index contributed by atoms with van der Waals surface area (Å²) in [5.41, 5.74) is 10.4. The van der Waals surface area contributed by atoms with E-state index in [2.05, 4.69) is 0 Å². The minimum atomic E-state index is -1.10. The van der Waals surface area contributed by atoms with Crippen molar-refractivity contribution >= 4 is 17.5 Å². The Labute approximate surface area is 109 Å². The van der Waals surface area contributed by atoms with Gasteiger partial charge >= 0.3 is 0 Å². The maximum atomic E-state index is 13.7. The van der Waals surface area contributed by atoms with Crippen molar-refractivity contribution < 1.29 is 19.1 Å². The predicted octanol–water partition coefficient (Wildman–Crippen LogP) is -0.344. The first kappa shape index (κ1) is 14.9. The minimum Gasteiger partial charge on any atom is -0.389 e. The van der Waals surface area contributed by atoms with E-state index in [1.165, 1.54) is 30.0 Å². The summed E-state index contributed by atoms with van der Waals surface area (Å²) in [4.78, 5) is 23.2. The average Bonchev–Trinajstić information content (AvgIpc) is 2.25. The van der Waals surface area contributed by atoms with Crippen LogP contribution in [-0.2, 0) is 9.59 Å². The number of halogens is 1. The molecular formula is C12H16FN3O3. The maximum Gasteiger partial charge on any atom is 0.236 e. The van der Waals surface area contributed by atoms with Crippen LogP contribution in [0.5, 0.6) is 0 Å². The first-order chi connectivity index (χ1) is 8.82. The number of carbonyl (C=O) groups is 2. The van der Waals surface area contributed by atoms with Crippen LogP contribution in [0.2, 0.25) is 0 Å². The lowest BCUT2D eigenvalue weighted by molar-refractivity contribution is -0.117. The average molecular weight is 269 g/mol. The van der Waals surface area contributed by atoms with Crippen molar-refractivity contribution in [2.24, 2.45) is 11.5 Å². The molecule has 104 valence electrons. The molecule has 0 bridgehead atoms. The molecule has 1 aromatic rings. The second-order valence-corrected chi connectivity index (χ2v) is 4.14. The van der Waals surface area contributed by atoms with Crippen molar-refractivity contribution in [1.82, 2.24) is 0 Å². The first-order valence-electron chi connectivity index (χ1n) is 5.61. The van der Waals surface area contributed by atoms with Gasteiger partial charge in [-0.05, 0) is 19.1 Å². The van der Waals surface area contributed by atoms with Gasteiger partial charge in [0.05, 0.1) is 19.2 Å². The van der Waals surface area contributed by atoms with E-state index in [0.29, 0.717) is 0 Å². The van der Waals surface area contributed by atoms with Crippen LogP contribution in [0.3, 0.4) is 0 Å². The third-order valence-electron chi connectivity index (χ3n) is 2.48. The minimum absolute atomic E-state index is 0.00926. The van der Waals surface area contributed by atoms with Gasteiger partial charge in [-0.2, -0.15) is 0 Å². The summed E-state index contributed by atoms with van der Waals surface area (Å²) in [6.07, 6.45) is -1.10. The fourth-order valence-corrected chi connectivity index (χ4v) is 1.82. The van der Waals surface area contributed by atoms with Gasteiger partial charge in [0.15, 0.2) is 0 Å². The number of rotatable bonds is 6. The molecule has 0 aliphatic rings. The Morgan fingerprint density at radius 3 is 2.26 bits per heavy atom. The Kier molecular flexibility index (Phi) is 4.82. The van der Waals surface area contributed by atoms with Gasteiger partial charge < -0.3 is 21.5 Å². The number of hydrogen-bond donors (Lipinski definition) is 3. The van der Waals surface area contributed by atoms with Crippen LogP contribution in [0.1, 0.15) is 18.6 Å². The van der Waals surface area contributed by atoms with Gasteiger partial charge in [-0.15, -0.1) is 0 Å². The van der Waals surface area contributed by atoms with Crippen LogP contribution >= 0.6 is 0 Å². The lowest BCUT2D eigenvalue weighted by atomic mass is 10.1.